The summed E-state index contributed by atoms with van der Waals surface area (Å²) < 4.78 is 0. The van der Waals surface area contributed by atoms with Crippen molar-refractivity contribution in [3.8, 4) is 5.75 Å². The van der Waals surface area contributed by atoms with Crippen LogP contribution in [-0.2, 0) is 30.4 Å². The molecule has 35 heavy (non-hydrogen) atoms. The Morgan fingerprint density at radius 1 is 0.886 bits per heavy atom. The van der Waals surface area contributed by atoms with E-state index in [2.05, 4.69) is 16.0 Å². The van der Waals surface area contributed by atoms with E-state index in [4.69, 9.17) is 16.6 Å². The highest BCUT2D eigenvalue weighted by molar-refractivity contribution is 5.92. The first-order chi connectivity index (χ1) is 16.5. The summed E-state index contributed by atoms with van der Waals surface area (Å²) in [5.41, 5.74) is 11.7. The van der Waals surface area contributed by atoms with Crippen LogP contribution in [-0.4, -0.2) is 76.2 Å². The molecule has 0 aliphatic heterocycles. The van der Waals surface area contributed by atoms with Crippen LogP contribution in [0.1, 0.15) is 37.7 Å². The predicted molar refractivity (Wildman–Crippen MR) is 124 cm³/mol. The van der Waals surface area contributed by atoms with E-state index in [0.29, 0.717) is 24.9 Å². The number of hydrogen-bond donors (Lipinski definition) is 8. The van der Waals surface area contributed by atoms with Crippen molar-refractivity contribution in [2.75, 3.05) is 13.1 Å². The second kappa shape index (κ2) is 15.2. The molecule has 3 atom stereocenters. The molecule has 3 amide bonds. The van der Waals surface area contributed by atoms with Crippen LogP contribution in [0.2, 0.25) is 0 Å². The van der Waals surface area contributed by atoms with Crippen LogP contribution in [0.15, 0.2) is 24.3 Å². The fraction of sp³-hybridized carbons (Fsp3) is 0.500. The molecule has 0 bridgehead atoms. The molecule has 0 heterocycles. The molecule has 1 rings (SSSR count). The molecule has 0 saturated carbocycles. The molecule has 3 unspecified atom stereocenters. The standard InChI is InChI=1S/C22H33N5O8/c23-10-2-1-3-16(22(34)35)26-18(29)12-25-21(33)17(11-13-4-6-14(28)7-5-13)27-20(32)15(24)8-9-19(30)31/h4-7,15-17,28H,1-3,8-12,23-24H2,(H,25,33)(H,26,29)(H,27,32)(H,30,31)(H,34,35). The number of phenolic OH excluding ortho intramolecular Hbond substituents is 1. The number of hydrogen-bond acceptors (Lipinski definition) is 8. The summed E-state index contributed by atoms with van der Waals surface area (Å²) in [4.78, 5) is 59.4. The van der Waals surface area contributed by atoms with E-state index in [1.807, 2.05) is 0 Å². The van der Waals surface area contributed by atoms with Crippen LogP contribution >= 0.6 is 0 Å². The summed E-state index contributed by atoms with van der Waals surface area (Å²) in [5, 5.41) is 34.6. The lowest BCUT2D eigenvalue weighted by molar-refractivity contribution is -0.142. The summed E-state index contributed by atoms with van der Waals surface area (Å²) >= 11 is 0. The Bertz CT molecular complexity index is 877. The Balaban J connectivity index is 2.79. The van der Waals surface area contributed by atoms with Gasteiger partial charge in [0.05, 0.1) is 12.6 Å². The van der Waals surface area contributed by atoms with Crippen molar-refractivity contribution in [1.82, 2.24) is 16.0 Å². The lowest BCUT2D eigenvalue weighted by Crippen LogP contribution is -2.54. The van der Waals surface area contributed by atoms with E-state index in [1.54, 1.807) is 0 Å². The largest absolute Gasteiger partial charge is 0.508 e. The molecule has 194 valence electrons. The highest BCUT2D eigenvalue weighted by Crippen LogP contribution is 2.12. The summed E-state index contributed by atoms with van der Waals surface area (Å²) in [6, 6.07) is 2.40. The first-order valence-corrected chi connectivity index (χ1v) is 11.1. The average Bonchev–Trinajstić information content (AvgIpc) is 2.81. The van der Waals surface area contributed by atoms with Crippen molar-refractivity contribution in [3.63, 3.8) is 0 Å². The fourth-order valence-electron chi connectivity index (χ4n) is 3.05. The Hall–Kier alpha value is -3.71. The Morgan fingerprint density at radius 3 is 2.11 bits per heavy atom. The van der Waals surface area contributed by atoms with Crippen LogP contribution < -0.4 is 27.4 Å². The molecule has 13 heteroatoms. The molecule has 1 aromatic carbocycles. The zero-order chi connectivity index (χ0) is 26.4. The Labute approximate surface area is 202 Å². The van der Waals surface area contributed by atoms with Gasteiger partial charge in [0.25, 0.3) is 0 Å². The molecule has 0 fully saturated rings. The minimum Gasteiger partial charge on any atom is -0.508 e. The van der Waals surface area contributed by atoms with Gasteiger partial charge < -0.3 is 42.7 Å². The van der Waals surface area contributed by atoms with Crippen LogP contribution in [0.3, 0.4) is 0 Å². The first kappa shape index (κ1) is 29.3. The van der Waals surface area contributed by atoms with Gasteiger partial charge in [-0.05, 0) is 49.9 Å². The van der Waals surface area contributed by atoms with Gasteiger partial charge in [-0.2, -0.15) is 0 Å². The number of carboxylic acid groups (broad SMARTS) is 2. The number of aliphatic carboxylic acids is 2. The zero-order valence-electron chi connectivity index (χ0n) is 19.2. The maximum Gasteiger partial charge on any atom is 0.326 e. The molecular weight excluding hydrogens is 462 g/mol. The van der Waals surface area contributed by atoms with E-state index in [0.717, 1.165) is 0 Å². The number of unbranched alkanes of at least 4 members (excludes halogenated alkanes) is 1. The summed E-state index contributed by atoms with van der Waals surface area (Å²) in [7, 11) is 0. The van der Waals surface area contributed by atoms with Gasteiger partial charge in [0.15, 0.2) is 0 Å². The minimum atomic E-state index is -1.21. The maximum atomic E-state index is 12.8. The third-order valence-corrected chi connectivity index (χ3v) is 5.02. The van der Waals surface area contributed by atoms with Gasteiger partial charge in [-0.15, -0.1) is 0 Å². The van der Waals surface area contributed by atoms with Gasteiger partial charge in [-0.25, -0.2) is 4.79 Å². The quantitative estimate of drug-likeness (QED) is 0.123. The molecule has 13 nitrogen and oxygen atoms in total. The number of carbonyl (C=O) groups is 5. The van der Waals surface area contributed by atoms with Crippen LogP contribution in [0, 0.1) is 0 Å². The maximum absolute atomic E-state index is 12.8. The van der Waals surface area contributed by atoms with Gasteiger partial charge in [0.1, 0.15) is 17.8 Å². The van der Waals surface area contributed by atoms with Crippen molar-refractivity contribution in [1.29, 1.82) is 0 Å². The Kier molecular flexibility index (Phi) is 12.8. The van der Waals surface area contributed by atoms with Gasteiger partial charge >= 0.3 is 11.9 Å². The summed E-state index contributed by atoms with van der Waals surface area (Å²) in [6.45, 7) is -0.142. The van der Waals surface area contributed by atoms with Gasteiger partial charge in [-0.3, -0.25) is 19.2 Å². The van der Waals surface area contributed by atoms with Crippen molar-refractivity contribution in [2.45, 2.75) is 56.7 Å². The number of benzene rings is 1. The summed E-state index contributed by atoms with van der Waals surface area (Å²) in [5.74, 6) is -4.55. The van der Waals surface area contributed by atoms with Crippen molar-refractivity contribution in [3.05, 3.63) is 29.8 Å². The molecule has 1 aromatic rings. The van der Waals surface area contributed by atoms with E-state index in [-0.39, 0.29) is 31.4 Å². The Morgan fingerprint density at radius 2 is 1.54 bits per heavy atom. The normalized spacial score (nSPS) is 13.2. The first-order valence-electron chi connectivity index (χ1n) is 11.1. The second-order valence-corrected chi connectivity index (χ2v) is 7.93. The number of aromatic hydroxyl groups is 1. The number of nitrogens with one attached hydrogen (secondary N) is 3. The molecule has 0 aliphatic carbocycles. The highest BCUT2D eigenvalue weighted by atomic mass is 16.4. The average molecular weight is 496 g/mol. The van der Waals surface area contributed by atoms with Crippen LogP contribution in [0.4, 0.5) is 0 Å². The van der Waals surface area contributed by atoms with Crippen LogP contribution in [0.25, 0.3) is 0 Å². The molecule has 0 aromatic heterocycles. The van der Waals surface area contributed by atoms with E-state index >= 15 is 0 Å². The predicted octanol–water partition coefficient (Wildman–Crippen LogP) is -1.57. The smallest absolute Gasteiger partial charge is 0.326 e. The lowest BCUT2D eigenvalue weighted by Gasteiger charge is -2.21. The van der Waals surface area contributed by atoms with Gasteiger partial charge in [0.2, 0.25) is 17.7 Å². The second-order valence-electron chi connectivity index (χ2n) is 7.93. The third-order valence-electron chi connectivity index (χ3n) is 5.02. The highest BCUT2D eigenvalue weighted by Gasteiger charge is 2.26. The monoisotopic (exact) mass is 495 g/mol. The SMILES string of the molecule is NCCCCC(NC(=O)CNC(=O)C(Cc1ccc(O)cc1)NC(=O)C(N)CCC(=O)O)C(=O)O. The third kappa shape index (κ3) is 11.8. The van der Waals surface area contributed by atoms with Gasteiger partial charge in [0, 0.05) is 12.8 Å². The van der Waals surface area contributed by atoms with E-state index < -0.39 is 54.3 Å². The van der Waals surface area contributed by atoms with Crippen molar-refractivity contribution in [2.24, 2.45) is 11.5 Å². The van der Waals surface area contributed by atoms with E-state index in [1.165, 1.54) is 24.3 Å². The number of carbonyl (C=O) groups excluding carboxylic acids is 3. The number of carboxylic acids is 2. The molecule has 0 spiro atoms. The molecule has 0 aliphatic rings. The minimum absolute atomic E-state index is 0.00518. The molecule has 0 saturated heterocycles. The number of phenols is 1. The van der Waals surface area contributed by atoms with Crippen molar-refractivity contribution >= 4 is 29.7 Å². The molecule has 10 N–H and O–H groups in total. The molecular formula is C22H33N5O8. The van der Waals surface area contributed by atoms with E-state index in [9.17, 15) is 34.2 Å². The van der Waals surface area contributed by atoms with Crippen LogP contribution in [0.5, 0.6) is 5.75 Å². The fourth-order valence-corrected chi connectivity index (χ4v) is 3.05. The van der Waals surface area contributed by atoms with Gasteiger partial charge in [-0.1, -0.05) is 12.1 Å². The summed E-state index contributed by atoms with van der Waals surface area (Å²) in [6.07, 6.45) is 0.798. The topological polar surface area (TPSA) is 234 Å². The lowest BCUT2D eigenvalue weighted by atomic mass is 10.0. The number of rotatable bonds is 16. The zero-order valence-corrected chi connectivity index (χ0v) is 19.2. The van der Waals surface area contributed by atoms with Crippen molar-refractivity contribution < 1.29 is 39.3 Å². The number of amides is 3. The molecule has 0 radical (unpaired) electrons. The number of nitrogens with two attached hydrogens (primary N) is 2.